The first-order chi connectivity index (χ1) is 24.2. The molecule has 0 unspecified atom stereocenters. The van der Waals surface area contributed by atoms with Crippen LogP contribution in [0.25, 0.3) is 0 Å². The number of nitrogens with two attached hydrogens (primary N) is 1. The lowest BCUT2D eigenvalue weighted by molar-refractivity contribution is 0.0296. The molecule has 1 aliphatic rings. The second-order valence-electron chi connectivity index (χ2n) is 12.1. The molecule has 2 atom stereocenters. The van der Waals surface area contributed by atoms with Crippen molar-refractivity contribution in [1.29, 1.82) is 0 Å². The van der Waals surface area contributed by atoms with Crippen molar-refractivity contribution in [3.63, 3.8) is 0 Å². The van der Waals surface area contributed by atoms with Crippen molar-refractivity contribution in [3.05, 3.63) is 117 Å². The average Bonchev–Trinajstić information content (AvgIpc) is 3.14. The molecule has 5 rings (SSSR count). The lowest BCUT2D eigenvalue weighted by Crippen LogP contribution is -2.40. The lowest BCUT2D eigenvalue weighted by Gasteiger charge is -2.31. The summed E-state index contributed by atoms with van der Waals surface area (Å²) in [4.78, 5) is 32.7. The summed E-state index contributed by atoms with van der Waals surface area (Å²) in [5.74, 6) is -0.140. The Hall–Kier alpha value is -4.38. The smallest absolute Gasteiger partial charge is 0.415 e. The minimum atomic E-state index is -0.846. The van der Waals surface area contributed by atoms with Gasteiger partial charge in [-0.3, -0.25) is 9.88 Å². The third-order valence-corrected chi connectivity index (χ3v) is 9.55. The molecule has 1 heterocycles. The van der Waals surface area contributed by atoms with E-state index in [4.69, 9.17) is 47.9 Å². The number of methoxy groups -OCH3 is 2. The van der Waals surface area contributed by atoms with E-state index >= 15 is 4.39 Å². The Balaban J connectivity index is 1.41. The third-order valence-electron chi connectivity index (χ3n) is 8.90. The summed E-state index contributed by atoms with van der Waals surface area (Å²) in [6.07, 6.45) is 6.10. The summed E-state index contributed by atoms with van der Waals surface area (Å²) in [7, 11) is 3.04. The molecule has 0 radical (unpaired) electrons. The Kier molecular flexibility index (Phi) is 12.9. The minimum absolute atomic E-state index is 0.0459. The molecular formula is C38H40Cl2FN3O6. The molecular weight excluding hydrogens is 684 g/mol. The average molecular weight is 725 g/mol. The van der Waals surface area contributed by atoms with Crippen molar-refractivity contribution in [2.24, 2.45) is 11.7 Å². The highest BCUT2D eigenvalue weighted by molar-refractivity contribution is 6.35. The first-order valence-corrected chi connectivity index (χ1v) is 17.2. The van der Waals surface area contributed by atoms with Gasteiger partial charge in [-0.25, -0.2) is 14.0 Å². The number of rotatable bonds is 13. The predicted molar refractivity (Wildman–Crippen MR) is 191 cm³/mol. The highest BCUT2D eigenvalue weighted by Crippen LogP contribution is 2.36. The zero-order chi connectivity index (χ0) is 35.6. The van der Waals surface area contributed by atoms with Gasteiger partial charge in [-0.1, -0.05) is 72.8 Å². The molecule has 1 fully saturated rings. The minimum Gasteiger partial charge on any atom is -0.493 e. The number of amides is 1. The zero-order valence-corrected chi connectivity index (χ0v) is 29.5. The molecule has 1 saturated carbocycles. The molecule has 0 bridgehead atoms. The molecule has 0 saturated heterocycles. The molecule has 1 aromatic heterocycles. The summed E-state index contributed by atoms with van der Waals surface area (Å²) in [6, 6.07) is 17.8. The Morgan fingerprint density at radius 3 is 2.32 bits per heavy atom. The first kappa shape index (κ1) is 36.9. The molecule has 9 nitrogen and oxygen atoms in total. The monoisotopic (exact) mass is 723 g/mol. The van der Waals surface area contributed by atoms with Crippen molar-refractivity contribution in [2.75, 3.05) is 25.7 Å². The number of halogens is 3. The second-order valence-corrected chi connectivity index (χ2v) is 12.9. The van der Waals surface area contributed by atoms with Crippen LogP contribution in [0.1, 0.15) is 65.3 Å². The number of hydrogen-bond donors (Lipinski definition) is 1. The van der Waals surface area contributed by atoms with Crippen LogP contribution in [-0.2, 0) is 22.4 Å². The summed E-state index contributed by atoms with van der Waals surface area (Å²) >= 11 is 12.9. The number of esters is 1. The molecule has 0 aliphatic heterocycles. The Bertz CT molecular complexity index is 1770. The summed E-state index contributed by atoms with van der Waals surface area (Å²) in [6.45, 7) is 0.0875. The van der Waals surface area contributed by atoms with E-state index in [1.165, 1.54) is 43.6 Å². The van der Waals surface area contributed by atoms with Gasteiger partial charge in [-0.2, -0.15) is 0 Å². The first-order valence-electron chi connectivity index (χ1n) is 16.4. The summed E-state index contributed by atoms with van der Waals surface area (Å²) in [5, 5.41) is 0.642. The van der Waals surface area contributed by atoms with E-state index < -0.39 is 30.1 Å². The highest BCUT2D eigenvalue weighted by atomic mass is 35.5. The van der Waals surface area contributed by atoms with Gasteiger partial charge in [0.2, 0.25) is 0 Å². The van der Waals surface area contributed by atoms with Crippen LogP contribution >= 0.6 is 23.2 Å². The molecule has 50 heavy (non-hydrogen) atoms. The fourth-order valence-corrected chi connectivity index (χ4v) is 6.75. The van der Waals surface area contributed by atoms with Gasteiger partial charge in [-0.15, -0.1) is 0 Å². The number of anilines is 1. The number of pyridine rings is 1. The van der Waals surface area contributed by atoms with Crippen LogP contribution in [0.5, 0.6) is 11.5 Å². The lowest BCUT2D eigenvalue weighted by atomic mass is 9.85. The predicted octanol–water partition coefficient (Wildman–Crippen LogP) is 8.74. The van der Waals surface area contributed by atoms with Crippen LogP contribution in [0.15, 0.2) is 79.1 Å². The molecule has 264 valence electrons. The van der Waals surface area contributed by atoms with Crippen molar-refractivity contribution in [3.8, 4) is 11.5 Å². The number of carbonyl (C=O) groups is 2. The second kappa shape index (κ2) is 17.5. The maximum atomic E-state index is 15.1. The van der Waals surface area contributed by atoms with Crippen molar-refractivity contribution in [2.45, 2.75) is 57.3 Å². The number of nitrogens with zero attached hydrogens (tertiary/aromatic N) is 2. The Morgan fingerprint density at radius 2 is 1.64 bits per heavy atom. The van der Waals surface area contributed by atoms with Gasteiger partial charge in [-0.05, 0) is 71.8 Å². The fraction of sp³-hybridized carbons (Fsp3) is 0.342. The van der Waals surface area contributed by atoms with Gasteiger partial charge in [0.25, 0.3) is 0 Å². The van der Waals surface area contributed by atoms with E-state index in [-0.39, 0.29) is 36.7 Å². The topological polar surface area (TPSA) is 113 Å². The number of aromatic nitrogens is 1. The molecule has 2 N–H and O–H groups in total. The molecule has 0 spiro atoms. The van der Waals surface area contributed by atoms with Gasteiger partial charge in [0.15, 0.2) is 11.5 Å². The van der Waals surface area contributed by atoms with E-state index in [2.05, 4.69) is 4.98 Å². The largest absolute Gasteiger partial charge is 0.493 e. The van der Waals surface area contributed by atoms with Crippen LogP contribution in [0, 0.1) is 11.7 Å². The SMILES string of the molecule is COc1ccc([C@H](Cc2c(Cl)cncc2Cl)OC(=O)c2cccc(CN(C(=O)O[C@@H](CN)C3CCCCC3)c3ccccc3F)c2)cc1OC. The Labute approximate surface area is 301 Å². The fourth-order valence-electron chi connectivity index (χ4n) is 6.23. The number of carbonyl (C=O) groups excluding carboxylic acids is 2. The van der Waals surface area contributed by atoms with E-state index in [1.54, 1.807) is 54.6 Å². The van der Waals surface area contributed by atoms with E-state index in [0.717, 1.165) is 32.1 Å². The highest BCUT2D eigenvalue weighted by Gasteiger charge is 2.30. The van der Waals surface area contributed by atoms with Crippen LogP contribution < -0.4 is 20.1 Å². The maximum Gasteiger partial charge on any atom is 0.415 e. The number of hydrogen-bond acceptors (Lipinski definition) is 8. The van der Waals surface area contributed by atoms with Crippen LogP contribution in [-0.4, -0.2) is 43.9 Å². The molecule has 3 aromatic carbocycles. The normalized spacial score (nSPS) is 14.4. The van der Waals surface area contributed by atoms with Crippen LogP contribution in [0.2, 0.25) is 10.0 Å². The summed E-state index contributed by atoms with van der Waals surface area (Å²) < 4.78 is 38.1. The zero-order valence-electron chi connectivity index (χ0n) is 27.9. The van der Waals surface area contributed by atoms with Gasteiger partial charge in [0.1, 0.15) is 18.0 Å². The van der Waals surface area contributed by atoms with Gasteiger partial charge in [0, 0.05) is 25.4 Å². The van der Waals surface area contributed by atoms with Gasteiger partial charge >= 0.3 is 12.1 Å². The molecule has 1 amide bonds. The quantitative estimate of drug-likeness (QED) is 0.136. The van der Waals surface area contributed by atoms with Gasteiger partial charge < -0.3 is 24.7 Å². The van der Waals surface area contributed by atoms with Gasteiger partial charge in [0.05, 0.1) is 42.1 Å². The number of ether oxygens (including phenoxy) is 4. The van der Waals surface area contributed by atoms with Crippen molar-refractivity contribution in [1.82, 2.24) is 4.98 Å². The Morgan fingerprint density at radius 1 is 0.920 bits per heavy atom. The number of benzene rings is 3. The van der Waals surface area contributed by atoms with Crippen LogP contribution in [0.4, 0.5) is 14.9 Å². The van der Waals surface area contributed by atoms with Crippen molar-refractivity contribution < 1.29 is 32.9 Å². The third kappa shape index (κ3) is 9.04. The van der Waals surface area contributed by atoms with E-state index in [1.807, 2.05) is 0 Å². The van der Waals surface area contributed by atoms with Crippen molar-refractivity contribution >= 4 is 41.0 Å². The van der Waals surface area contributed by atoms with E-state index in [0.29, 0.717) is 38.2 Å². The number of para-hydroxylation sites is 1. The maximum absolute atomic E-state index is 15.1. The van der Waals surface area contributed by atoms with E-state index in [9.17, 15) is 9.59 Å². The summed E-state index contributed by atoms with van der Waals surface area (Å²) in [5.41, 5.74) is 8.01. The molecule has 4 aromatic rings. The van der Waals surface area contributed by atoms with Crippen LogP contribution in [0.3, 0.4) is 0 Å². The molecule has 12 heteroatoms. The molecule has 1 aliphatic carbocycles. The standard InChI is InChI=1S/C38H40Cl2FN3O6/c1-47-33-16-15-26(18-35(33)48-2)34(19-28-29(39)21-43-22-30(28)40)49-37(45)27-12-8-9-24(17-27)23-44(32-14-7-6-13-31(32)41)38(46)50-36(20-42)25-10-4-3-5-11-25/h6-9,12-18,21-22,25,34,36H,3-5,10-11,19-20,23,42H2,1-2H3/t34-,36-/m0/s1.